The fourth-order valence-electron chi connectivity index (χ4n) is 1.43. The zero-order valence-corrected chi connectivity index (χ0v) is 8.47. The summed E-state index contributed by atoms with van der Waals surface area (Å²) in [5, 5.41) is 0. The number of nitrogen functional groups attached to an aromatic ring is 1. The van der Waals surface area contributed by atoms with Crippen molar-refractivity contribution >= 4 is 5.82 Å². The number of anilines is 1. The van der Waals surface area contributed by atoms with Crippen LogP contribution in [0.4, 0.5) is 5.82 Å². The standard InChI is InChI=1S/C12H12N2O/c1-15-11-8-7-10(12(13)14-11)9-5-3-2-4-6-9/h2-8H,1H3,(H2,13,14). The van der Waals surface area contributed by atoms with E-state index in [0.29, 0.717) is 11.7 Å². The smallest absolute Gasteiger partial charge is 0.214 e. The van der Waals surface area contributed by atoms with Crippen molar-refractivity contribution in [1.82, 2.24) is 4.98 Å². The monoisotopic (exact) mass is 200 g/mol. The topological polar surface area (TPSA) is 48.1 Å². The van der Waals surface area contributed by atoms with Gasteiger partial charge in [-0.2, -0.15) is 4.98 Å². The molecule has 15 heavy (non-hydrogen) atoms. The second kappa shape index (κ2) is 4.00. The molecule has 2 N–H and O–H groups in total. The molecule has 0 fully saturated rings. The molecule has 0 amide bonds. The highest BCUT2D eigenvalue weighted by atomic mass is 16.5. The van der Waals surface area contributed by atoms with Crippen LogP contribution in [0, 0.1) is 0 Å². The van der Waals surface area contributed by atoms with Gasteiger partial charge in [0.25, 0.3) is 0 Å². The lowest BCUT2D eigenvalue weighted by Crippen LogP contribution is -1.96. The number of nitrogens with two attached hydrogens (primary N) is 1. The van der Waals surface area contributed by atoms with Gasteiger partial charge >= 0.3 is 0 Å². The van der Waals surface area contributed by atoms with E-state index in [1.165, 1.54) is 0 Å². The summed E-state index contributed by atoms with van der Waals surface area (Å²) in [6.45, 7) is 0. The Labute approximate surface area is 88.5 Å². The third-order valence-corrected chi connectivity index (χ3v) is 2.19. The average molecular weight is 200 g/mol. The highest BCUT2D eigenvalue weighted by Crippen LogP contribution is 2.25. The lowest BCUT2D eigenvalue weighted by Gasteiger charge is -2.06. The van der Waals surface area contributed by atoms with Crippen LogP contribution in [0.5, 0.6) is 5.88 Å². The maximum Gasteiger partial charge on any atom is 0.214 e. The molecule has 1 heterocycles. The van der Waals surface area contributed by atoms with E-state index in [1.807, 2.05) is 36.4 Å². The molecule has 0 radical (unpaired) electrons. The van der Waals surface area contributed by atoms with Gasteiger partial charge in [-0.1, -0.05) is 30.3 Å². The molecule has 76 valence electrons. The number of benzene rings is 1. The number of ether oxygens (including phenoxy) is 1. The lowest BCUT2D eigenvalue weighted by atomic mass is 10.1. The lowest BCUT2D eigenvalue weighted by molar-refractivity contribution is 0.398. The fourth-order valence-corrected chi connectivity index (χ4v) is 1.43. The van der Waals surface area contributed by atoms with E-state index in [-0.39, 0.29) is 0 Å². The second-order valence-electron chi connectivity index (χ2n) is 3.15. The van der Waals surface area contributed by atoms with E-state index in [2.05, 4.69) is 4.98 Å². The molecule has 3 heteroatoms. The Hall–Kier alpha value is -2.03. The molecule has 0 atom stereocenters. The van der Waals surface area contributed by atoms with Gasteiger partial charge in [-0.25, -0.2) is 0 Å². The van der Waals surface area contributed by atoms with Gasteiger partial charge in [0, 0.05) is 11.6 Å². The van der Waals surface area contributed by atoms with Crippen molar-refractivity contribution in [2.75, 3.05) is 12.8 Å². The number of pyridine rings is 1. The van der Waals surface area contributed by atoms with Gasteiger partial charge in [0.05, 0.1) is 7.11 Å². The predicted octanol–water partition coefficient (Wildman–Crippen LogP) is 2.34. The van der Waals surface area contributed by atoms with E-state index < -0.39 is 0 Å². The van der Waals surface area contributed by atoms with E-state index in [1.54, 1.807) is 13.2 Å². The minimum atomic E-state index is 0.487. The summed E-state index contributed by atoms with van der Waals surface area (Å²) in [6, 6.07) is 13.6. The normalized spacial score (nSPS) is 9.93. The number of hydrogen-bond donors (Lipinski definition) is 1. The highest BCUT2D eigenvalue weighted by molar-refractivity contribution is 5.73. The van der Waals surface area contributed by atoms with E-state index in [4.69, 9.17) is 10.5 Å². The van der Waals surface area contributed by atoms with Crippen molar-refractivity contribution < 1.29 is 4.74 Å². The van der Waals surface area contributed by atoms with Crippen LogP contribution in [0.2, 0.25) is 0 Å². The number of nitrogens with zero attached hydrogens (tertiary/aromatic N) is 1. The van der Waals surface area contributed by atoms with Crippen LogP contribution in [0.15, 0.2) is 42.5 Å². The largest absolute Gasteiger partial charge is 0.481 e. The van der Waals surface area contributed by atoms with Crippen LogP contribution >= 0.6 is 0 Å². The molecule has 0 bridgehead atoms. The highest BCUT2D eigenvalue weighted by Gasteiger charge is 2.04. The Morgan fingerprint density at radius 3 is 2.40 bits per heavy atom. The number of methoxy groups -OCH3 is 1. The Kier molecular flexibility index (Phi) is 2.54. The van der Waals surface area contributed by atoms with Crippen LogP contribution in [0.3, 0.4) is 0 Å². The molecule has 1 aromatic carbocycles. The van der Waals surface area contributed by atoms with Gasteiger partial charge in [-0.05, 0) is 11.6 Å². The summed E-state index contributed by atoms with van der Waals surface area (Å²) in [4.78, 5) is 4.12. The molecule has 0 aliphatic rings. The van der Waals surface area contributed by atoms with Crippen molar-refractivity contribution in [3.63, 3.8) is 0 Å². The maximum absolute atomic E-state index is 5.84. The van der Waals surface area contributed by atoms with Crippen LogP contribution < -0.4 is 10.5 Å². The van der Waals surface area contributed by atoms with Gasteiger partial charge in [0.1, 0.15) is 5.82 Å². The molecule has 1 aromatic heterocycles. The number of rotatable bonds is 2. The molecule has 3 nitrogen and oxygen atoms in total. The SMILES string of the molecule is COc1ccc(-c2ccccc2)c(N)n1. The minimum Gasteiger partial charge on any atom is -0.481 e. The Morgan fingerprint density at radius 1 is 1.07 bits per heavy atom. The van der Waals surface area contributed by atoms with Crippen molar-refractivity contribution in [1.29, 1.82) is 0 Å². The zero-order chi connectivity index (χ0) is 10.7. The molecule has 2 rings (SSSR count). The molecule has 0 saturated carbocycles. The van der Waals surface area contributed by atoms with Crippen LogP contribution in [0.25, 0.3) is 11.1 Å². The van der Waals surface area contributed by atoms with Gasteiger partial charge in [-0.15, -0.1) is 0 Å². The summed E-state index contributed by atoms with van der Waals surface area (Å²) in [5.41, 5.74) is 7.83. The first-order valence-corrected chi connectivity index (χ1v) is 4.67. The van der Waals surface area contributed by atoms with Gasteiger partial charge in [0.15, 0.2) is 0 Å². The third-order valence-electron chi connectivity index (χ3n) is 2.19. The zero-order valence-electron chi connectivity index (χ0n) is 8.47. The minimum absolute atomic E-state index is 0.487. The molecule has 0 aliphatic heterocycles. The first-order chi connectivity index (χ1) is 7.31. The Morgan fingerprint density at radius 2 is 1.80 bits per heavy atom. The molecule has 2 aromatic rings. The first kappa shape index (κ1) is 9.52. The summed E-state index contributed by atoms with van der Waals surface area (Å²) < 4.78 is 4.99. The molecule has 0 saturated heterocycles. The van der Waals surface area contributed by atoms with E-state index in [9.17, 15) is 0 Å². The number of aromatic nitrogens is 1. The molecule has 0 spiro atoms. The van der Waals surface area contributed by atoms with E-state index >= 15 is 0 Å². The summed E-state index contributed by atoms with van der Waals surface area (Å²) in [6.07, 6.45) is 0. The van der Waals surface area contributed by atoms with Crippen LogP contribution in [-0.2, 0) is 0 Å². The maximum atomic E-state index is 5.84. The molecular weight excluding hydrogens is 188 g/mol. The summed E-state index contributed by atoms with van der Waals surface area (Å²) >= 11 is 0. The van der Waals surface area contributed by atoms with Crippen molar-refractivity contribution in [2.45, 2.75) is 0 Å². The second-order valence-corrected chi connectivity index (χ2v) is 3.15. The quantitative estimate of drug-likeness (QED) is 0.809. The summed E-state index contributed by atoms with van der Waals surface area (Å²) in [7, 11) is 1.57. The van der Waals surface area contributed by atoms with Crippen LogP contribution in [-0.4, -0.2) is 12.1 Å². The van der Waals surface area contributed by atoms with Crippen LogP contribution in [0.1, 0.15) is 0 Å². The fraction of sp³-hybridized carbons (Fsp3) is 0.0833. The molecule has 0 aliphatic carbocycles. The van der Waals surface area contributed by atoms with Crippen molar-refractivity contribution in [3.8, 4) is 17.0 Å². The number of hydrogen-bond acceptors (Lipinski definition) is 3. The Bertz CT molecular complexity index is 454. The molecular formula is C12H12N2O. The van der Waals surface area contributed by atoms with Crippen molar-refractivity contribution in [3.05, 3.63) is 42.5 Å². The third kappa shape index (κ3) is 1.91. The van der Waals surface area contributed by atoms with E-state index in [0.717, 1.165) is 11.1 Å². The first-order valence-electron chi connectivity index (χ1n) is 4.67. The molecule has 0 unspecified atom stereocenters. The average Bonchev–Trinajstić information content (AvgIpc) is 2.30. The van der Waals surface area contributed by atoms with Crippen molar-refractivity contribution in [2.24, 2.45) is 0 Å². The predicted molar refractivity (Wildman–Crippen MR) is 60.6 cm³/mol. The van der Waals surface area contributed by atoms with Gasteiger partial charge in [0.2, 0.25) is 5.88 Å². The van der Waals surface area contributed by atoms with Gasteiger partial charge in [-0.3, -0.25) is 0 Å². The summed E-state index contributed by atoms with van der Waals surface area (Å²) in [5.74, 6) is 1.02. The van der Waals surface area contributed by atoms with Gasteiger partial charge < -0.3 is 10.5 Å². The Balaban J connectivity index is 2.46.